The van der Waals surface area contributed by atoms with E-state index in [0.29, 0.717) is 5.69 Å². The molecule has 0 radical (unpaired) electrons. The molecule has 4 heteroatoms. The summed E-state index contributed by atoms with van der Waals surface area (Å²) < 4.78 is 5.86. The van der Waals surface area contributed by atoms with Gasteiger partial charge < -0.3 is 9.64 Å². The maximum Gasteiger partial charge on any atom is 0.168 e. The van der Waals surface area contributed by atoms with Gasteiger partial charge in [-0.05, 0) is 95.5 Å². The second-order valence-electron chi connectivity index (χ2n) is 9.10. The summed E-state index contributed by atoms with van der Waals surface area (Å²) in [6.45, 7) is 18.1. The summed E-state index contributed by atoms with van der Waals surface area (Å²) in [4.78, 5) is 16.4. The number of aromatic nitrogens is 1. The number of carbonyl (C=O) groups excluding carboxylic acids is 1. The molecule has 29 heavy (non-hydrogen) atoms. The number of ether oxygens (including phenoxy) is 1. The monoisotopic (exact) mass is 404 g/mol. The summed E-state index contributed by atoms with van der Waals surface area (Å²) in [5.41, 5.74) is 0.602. The molecule has 2 fully saturated rings. The van der Waals surface area contributed by atoms with E-state index in [2.05, 4.69) is 37.6 Å². The van der Waals surface area contributed by atoms with Crippen molar-refractivity contribution in [3.8, 4) is 0 Å². The van der Waals surface area contributed by atoms with Crippen molar-refractivity contribution in [2.24, 2.45) is 17.8 Å². The van der Waals surface area contributed by atoms with E-state index in [-0.39, 0.29) is 5.60 Å². The van der Waals surface area contributed by atoms with Crippen molar-refractivity contribution in [1.82, 2.24) is 9.88 Å². The minimum absolute atomic E-state index is 0.123. The maximum atomic E-state index is 9.94. The Morgan fingerprint density at radius 1 is 1.17 bits per heavy atom. The number of hydrogen-bond donors (Lipinski definition) is 0. The van der Waals surface area contributed by atoms with Crippen LogP contribution in [0.3, 0.4) is 0 Å². The average molecular weight is 405 g/mol. The highest BCUT2D eigenvalue weighted by molar-refractivity contribution is 5.71. The van der Waals surface area contributed by atoms with E-state index in [0.717, 1.165) is 30.6 Å². The van der Waals surface area contributed by atoms with E-state index in [1.165, 1.54) is 51.7 Å². The first-order valence-corrected chi connectivity index (χ1v) is 11.6. The van der Waals surface area contributed by atoms with E-state index in [4.69, 9.17) is 4.74 Å². The number of hydrogen-bond acceptors (Lipinski definition) is 4. The van der Waals surface area contributed by atoms with Crippen LogP contribution in [0.25, 0.3) is 0 Å². The summed E-state index contributed by atoms with van der Waals surface area (Å²) in [6, 6.07) is 5.21. The Kier molecular flexibility index (Phi) is 12.3. The number of nitrogens with zero attached hydrogens (tertiary/aromatic N) is 2. The van der Waals surface area contributed by atoms with Gasteiger partial charge in [0.2, 0.25) is 0 Å². The molecule has 4 nitrogen and oxygen atoms in total. The van der Waals surface area contributed by atoms with Gasteiger partial charge in [-0.25, -0.2) is 0 Å². The highest BCUT2D eigenvalue weighted by atomic mass is 16.5. The third-order valence-electron chi connectivity index (χ3n) is 5.87. The van der Waals surface area contributed by atoms with Gasteiger partial charge in [-0.3, -0.25) is 9.78 Å². The first-order chi connectivity index (χ1) is 13.9. The highest BCUT2D eigenvalue weighted by Crippen LogP contribution is 2.37. The van der Waals surface area contributed by atoms with Crippen LogP contribution in [0.1, 0.15) is 84.1 Å². The molecule has 1 atom stereocenters. The highest BCUT2D eigenvalue weighted by Gasteiger charge is 2.34. The molecule has 1 aromatic heterocycles. The zero-order chi connectivity index (χ0) is 21.7. The molecule has 2 aliphatic heterocycles. The molecule has 0 aliphatic carbocycles. The number of rotatable bonds is 5. The lowest BCUT2D eigenvalue weighted by atomic mass is 9.75. The summed E-state index contributed by atoms with van der Waals surface area (Å²) in [5.74, 6) is 2.71. The van der Waals surface area contributed by atoms with Gasteiger partial charge in [-0.1, -0.05) is 33.8 Å². The quantitative estimate of drug-likeness (QED) is 0.576. The number of likely N-dealkylation sites (tertiary alicyclic amines) is 1. The molecule has 0 bridgehead atoms. The van der Waals surface area contributed by atoms with Crippen molar-refractivity contribution in [1.29, 1.82) is 0 Å². The summed E-state index contributed by atoms with van der Waals surface area (Å²) in [6.07, 6.45) is 9.06. The normalized spacial score (nSPS) is 22.1. The lowest BCUT2D eigenvalue weighted by molar-refractivity contribution is -0.0868. The Labute approximate surface area is 179 Å². The minimum Gasteiger partial charge on any atom is -0.376 e. The van der Waals surface area contributed by atoms with Crippen molar-refractivity contribution < 1.29 is 9.53 Å². The molecule has 1 unspecified atom stereocenters. The molecule has 0 spiro atoms. The van der Waals surface area contributed by atoms with Crippen LogP contribution in [0.4, 0.5) is 0 Å². The van der Waals surface area contributed by atoms with Crippen molar-refractivity contribution >= 4 is 6.29 Å². The lowest BCUT2D eigenvalue weighted by Crippen LogP contribution is -2.41. The molecule has 2 saturated heterocycles. The van der Waals surface area contributed by atoms with Crippen molar-refractivity contribution in [2.45, 2.75) is 79.2 Å². The fourth-order valence-electron chi connectivity index (χ4n) is 4.22. The first-order valence-electron chi connectivity index (χ1n) is 11.6. The van der Waals surface area contributed by atoms with Gasteiger partial charge in [0.15, 0.2) is 6.29 Å². The second kappa shape index (κ2) is 13.9. The van der Waals surface area contributed by atoms with Gasteiger partial charge in [0, 0.05) is 12.8 Å². The van der Waals surface area contributed by atoms with Gasteiger partial charge in [0.25, 0.3) is 0 Å². The molecule has 0 saturated carbocycles. The average Bonchev–Trinajstić information content (AvgIpc) is 2.74. The Bertz CT molecular complexity index is 537. The van der Waals surface area contributed by atoms with Crippen molar-refractivity contribution in [2.75, 3.05) is 26.2 Å². The molecule has 0 amide bonds. The molecule has 166 valence electrons. The molecule has 2 aliphatic rings. The maximum absolute atomic E-state index is 9.94. The Balaban J connectivity index is 0.000000351. The van der Waals surface area contributed by atoms with Crippen molar-refractivity contribution in [3.63, 3.8) is 0 Å². The summed E-state index contributed by atoms with van der Waals surface area (Å²) in [7, 11) is 0. The molecule has 3 rings (SSSR count). The third kappa shape index (κ3) is 10.4. The van der Waals surface area contributed by atoms with Crippen LogP contribution in [0.2, 0.25) is 0 Å². The van der Waals surface area contributed by atoms with E-state index >= 15 is 0 Å². The lowest BCUT2D eigenvalue weighted by Gasteiger charge is -2.42. The predicted octanol–water partition coefficient (Wildman–Crippen LogP) is 5.87. The minimum atomic E-state index is 0.123. The number of piperidine rings is 1. The van der Waals surface area contributed by atoms with Crippen LogP contribution in [0.15, 0.2) is 24.4 Å². The number of pyridine rings is 1. The summed E-state index contributed by atoms with van der Waals surface area (Å²) in [5, 5.41) is 0. The van der Waals surface area contributed by atoms with E-state index in [1.54, 1.807) is 24.4 Å². The summed E-state index contributed by atoms with van der Waals surface area (Å²) >= 11 is 0. The fraction of sp³-hybridized carbons (Fsp3) is 0.760. The van der Waals surface area contributed by atoms with Crippen LogP contribution in [0, 0.1) is 17.8 Å². The van der Waals surface area contributed by atoms with Crippen LogP contribution < -0.4 is 0 Å². The Hall–Kier alpha value is -1.26. The second-order valence-corrected chi connectivity index (χ2v) is 9.10. The number of carbonyl (C=O) groups is 1. The largest absolute Gasteiger partial charge is 0.376 e. The Morgan fingerprint density at radius 3 is 2.34 bits per heavy atom. The zero-order valence-electron chi connectivity index (χ0n) is 19.7. The predicted molar refractivity (Wildman–Crippen MR) is 122 cm³/mol. The van der Waals surface area contributed by atoms with Crippen LogP contribution in [-0.4, -0.2) is 48.0 Å². The standard InChI is InChI=1S/C17H33NO.C6H5NO.C2H6/c1-14(2)5-9-18-10-6-15(7-11-18)16-8-12-19-17(3,4)13-16;8-5-6-3-1-2-4-7-6;1-2/h14-16H,5-13H2,1-4H3;1-5H;1-2H3. The molecule has 1 aromatic rings. The van der Waals surface area contributed by atoms with Gasteiger partial charge in [-0.15, -0.1) is 0 Å². The van der Waals surface area contributed by atoms with Gasteiger partial charge >= 0.3 is 0 Å². The van der Waals surface area contributed by atoms with E-state index in [9.17, 15) is 4.79 Å². The molecular formula is C25H44N2O2. The van der Waals surface area contributed by atoms with Crippen molar-refractivity contribution in [3.05, 3.63) is 30.1 Å². The first kappa shape index (κ1) is 25.8. The number of aldehydes is 1. The smallest absolute Gasteiger partial charge is 0.168 e. The van der Waals surface area contributed by atoms with Crippen LogP contribution in [0.5, 0.6) is 0 Å². The van der Waals surface area contributed by atoms with E-state index in [1.807, 2.05) is 13.8 Å². The van der Waals surface area contributed by atoms with E-state index < -0.39 is 0 Å². The van der Waals surface area contributed by atoms with Gasteiger partial charge in [0.1, 0.15) is 5.69 Å². The molecular weight excluding hydrogens is 360 g/mol. The molecule has 0 aromatic carbocycles. The van der Waals surface area contributed by atoms with Gasteiger partial charge in [-0.2, -0.15) is 0 Å². The third-order valence-corrected chi connectivity index (χ3v) is 5.87. The Morgan fingerprint density at radius 2 is 1.86 bits per heavy atom. The fourth-order valence-corrected chi connectivity index (χ4v) is 4.22. The SMILES string of the molecule is CC.CC(C)CCN1CCC(C2CCOC(C)(C)C2)CC1.O=Cc1ccccn1. The topological polar surface area (TPSA) is 42.4 Å². The zero-order valence-corrected chi connectivity index (χ0v) is 19.7. The molecule has 3 heterocycles. The van der Waals surface area contributed by atoms with Crippen LogP contribution >= 0.6 is 0 Å². The molecule has 0 N–H and O–H groups in total. The van der Waals surface area contributed by atoms with Crippen LogP contribution in [-0.2, 0) is 4.74 Å². The van der Waals surface area contributed by atoms with Gasteiger partial charge in [0.05, 0.1) is 5.60 Å².